The Morgan fingerprint density at radius 1 is 1.20 bits per heavy atom. The van der Waals surface area contributed by atoms with E-state index in [0.29, 0.717) is 18.4 Å². The molecule has 0 unspecified atom stereocenters. The minimum absolute atomic E-state index is 0.0847. The molecule has 0 bridgehead atoms. The van der Waals surface area contributed by atoms with Gasteiger partial charge in [0.2, 0.25) is 0 Å². The van der Waals surface area contributed by atoms with Gasteiger partial charge in [0.05, 0.1) is 6.61 Å². The van der Waals surface area contributed by atoms with Crippen LogP contribution < -0.4 is 10.1 Å². The minimum Gasteiger partial charge on any atom is -0.493 e. The predicted molar refractivity (Wildman–Crippen MR) is 101 cm³/mol. The zero-order valence-corrected chi connectivity index (χ0v) is 15.5. The maximum Gasteiger partial charge on any atom is 0.256 e. The van der Waals surface area contributed by atoms with Crippen molar-refractivity contribution in [2.24, 2.45) is 11.8 Å². The Labute approximate surface area is 149 Å². The zero-order chi connectivity index (χ0) is 18.0. The normalized spacial score (nSPS) is 16.7. The molecule has 0 heterocycles. The Morgan fingerprint density at radius 3 is 2.48 bits per heavy atom. The molecule has 1 N–H and O–H groups in total. The average Bonchev–Trinajstić information content (AvgIpc) is 3.45. The summed E-state index contributed by atoms with van der Waals surface area (Å²) in [5, 5.41) is 5.05. The number of hydrogen-bond donors (Lipinski definition) is 1. The van der Waals surface area contributed by atoms with Crippen molar-refractivity contribution in [2.75, 3.05) is 19.0 Å². The van der Waals surface area contributed by atoms with Crippen LogP contribution in [0.4, 0.5) is 5.69 Å². The largest absolute Gasteiger partial charge is 0.493 e. The molecule has 1 amide bonds. The van der Waals surface area contributed by atoms with Crippen molar-refractivity contribution < 1.29 is 14.3 Å². The number of fused-ring (bicyclic) bond motifs is 1. The van der Waals surface area contributed by atoms with Gasteiger partial charge >= 0.3 is 0 Å². The molecular formula is C21H27NO3. The van der Waals surface area contributed by atoms with Crippen LogP contribution in [0.5, 0.6) is 5.75 Å². The standard InChI is InChI=1S/C21H27NO3/c1-14(2)13-25-19-12-11-18(16-7-5-6-8-17(16)19)22-20(23)21(3,24-4)15-9-10-15/h5-8,11-12,14-15H,9-10,13H2,1-4H3,(H,22,23)/t21-/m0/s1. The highest BCUT2D eigenvalue weighted by Gasteiger charge is 2.47. The Morgan fingerprint density at radius 2 is 1.88 bits per heavy atom. The number of benzene rings is 2. The van der Waals surface area contributed by atoms with Crippen molar-refractivity contribution in [1.82, 2.24) is 0 Å². The number of nitrogens with one attached hydrogen (secondary N) is 1. The maximum atomic E-state index is 12.8. The Bertz CT molecular complexity index is 767. The van der Waals surface area contributed by atoms with E-state index in [4.69, 9.17) is 9.47 Å². The van der Waals surface area contributed by atoms with Crippen LogP contribution in [0.25, 0.3) is 10.8 Å². The summed E-state index contributed by atoms with van der Waals surface area (Å²) >= 11 is 0. The quantitative estimate of drug-likeness (QED) is 0.799. The average molecular weight is 341 g/mol. The van der Waals surface area contributed by atoms with Gasteiger partial charge in [0.1, 0.15) is 11.4 Å². The number of hydrogen-bond acceptors (Lipinski definition) is 3. The van der Waals surface area contributed by atoms with Gasteiger partial charge in [0.25, 0.3) is 5.91 Å². The van der Waals surface area contributed by atoms with Gasteiger partial charge in [0.15, 0.2) is 0 Å². The van der Waals surface area contributed by atoms with E-state index < -0.39 is 5.60 Å². The third kappa shape index (κ3) is 3.64. The van der Waals surface area contributed by atoms with Gasteiger partial charge in [-0.1, -0.05) is 38.1 Å². The van der Waals surface area contributed by atoms with E-state index in [9.17, 15) is 4.79 Å². The first kappa shape index (κ1) is 17.7. The first-order valence-electron chi connectivity index (χ1n) is 8.97. The molecule has 2 aromatic rings. The Kier molecular flexibility index (Phi) is 5.00. The Balaban J connectivity index is 1.89. The molecule has 1 atom stereocenters. The second-order valence-corrected chi connectivity index (χ2v) is 7.40. The number of carbonyl (C=O) groups is 1. The van der Waals surface area contributed by atoms with Crippen LogP contribution in [0.1, 0.15) is 33.6 Å². The van der Waals surface area contributed by atoms with Gasteiger partial charge in [-0.25, -0.2) is 0 Å². The number of ether oxygens (including phenoxy) is 2. The van der Waals surface area contributed by atoms with E-state index in [0.717, 1.165) is 35.1 Å². The summed E-state index contributed by atoms with van der Waals surface area (Å²) in [6.45, 7) is 6.79. The van der Waals surface area contributed by atoms with Crippen molar-refractivity contribution in [3.8, 4) is 5.75 Å². The second kappa shape index (κ2) is 7.04. The smallest absolute Gasteiger partial charge is 0.256 e. The number of amides is 1. The number of anilines is 1. The van der Waals surface area contributed by atoms with Crippen LogP contribution in [0.2, 0.25) is 0 Å². The monoisotopic (exact) mass is 341 g/mol. The second-order valence-electron chi connectivity index (χ2n) is 7.40. The van der Waals surface area contributed by atoms with Gasteiger partial charge in [-0.3, -0.25) is 4.79 Å². The molecule has 1 fully saturated rings. The summed E-state index contributed by atoms with van der Waals surface area (Å²) in [4.78, 5) is 12.8. The molecule has 134 valence electrons. The van der Waals surface area contributed by atoms with Crippen molar-refractivity contribution >= 4 is 22.4 Å². The minimum atomic E-state index is -0.770. The van der Waals surface area contributed by atoms with Gasteiger partial charge in [0, 0.05) is 23.6 Å². The van der Waals surface area contributed by atoms with Gasteiger partial charge in [-0.05, 0) is 43.7 Å². The summed E-state index contributed by atoms with van der Waals surface area (Å²) in [6.07, 6.45) is 2.08. The molecule has 3 rings (SSSR count). The van der Waals surface area contributed by atoms with Crippen LogP contribution in [0.3, 0.4) is 0 Å². The SMILES string of the molecule is CO[C@](C)(C(=O)Nc1ccc(OCC(C)C)c2ccccc12)C1CC1. The van der Waals surface area contributed by atoms with E-state index in [2.05, 4.69) is 19.2 Å². The molecule has 0 aliphatic heterocycles. The molecule has 0 saturated heterocycles. The molecule has 0 aromatic heterocycles. The van der Waals surface area contributed by atoms with E-state index in [1.54, 1.807) is 7.11 Å². The van der Waals surface area contributed by atoms with E-state index in [1.165, 1.54) is 0 Å². The summed E-state index contributed by atoms with van der Waals surface area (Å²) in [6, 6.07) is 11.8. The van der Waals surface area contributed by atoms with Crippen LogP contribution >= 0.6 is 0 Å². The third-order valence-electron chi connectivity index (χ3n) is 4.94. The summed E-state index contributed by atoms with van der Waals surface area (Å²) in [5.74, 6) is 1.52. The first-order valence-corrected chi connectivity index (χ1v) is 8.97. The molecule has 0 spiro atoms. The molecule has 4 heteroatoms. The van der Waals surface area contributed by atoms with Crippen molar-refractivity contribution in [3.63, 3.8) is 0 Å². The lowest BCUT2D eigenvalue weighted by Crippen LogP contribution is -2.44. The van der Waals surface area contributed by atoms with Gasteiger partial charge in [-0.2, -0.15) is 0 Å². The van der Waals surface area contributed by atoms with Crippen LogP contribution in [0, 0.1) is 11.8 Å². The first-order chi connectivity index (χ1) is 12.0. The fourth-order valence-electron chi connectivity index (χ4n) is 3.09. The Hall–Kier alpha value is -2.07. The van der Waals surface area contributed by atoms with Gasteiger partial charge < -0.3 is 14.8 Å². The lowest BCUT2D eigenvalue weighted by Gasteiger charge is -2.27. The molecule has 0 radical (unpaired) electrons. The maximum absolute atomic E-state index is 12.8. The highest BCUT2D eigenvalue weighted by Crippen LogP contribution is 2.42. The van der Waals surface area contributed by atoms with Crippen LogP contribution in [-0.4, -0.2) is 25.2 Å². The fourth-order valence-corrected chi connectivity index (χ4v) is 3.09. The van der Waals surface area contributed by atoms with E-state index in [1.807, 2.05) is 43.3 Å². The zero-order valence-electron chi connectivity index (χ0n) is 15.5. The van der Waals surface area contributed by atoms with Crippen molar-refractivity contribution in [3.05, 3.63) is 36.4 Å². The molecule has 2 aromatic carbocycles. The lowest BCUT2D eigenvalue weighted by molar-refractivity contribution is -0.138. The molecule has 4 nitrogen and oxygen atoms in total. The lowest BCUT2D eigenvalue weighted by atomic mass is 9.98. The van der Waals surface area contributed by atoms with Crippen LogP contribution in [0.15, 0.2) is 36.4 Å². The third-order valence-corrected chi connectivity index (χ3v) is 4.94. The summed E-state index contributed by atoms with van der Waals surface area (Å²) in [5.41, 5.74) is 0.0231. The van der Waals surface area contributed by atoms with Gasteiger partial charge in [-0.15, -0.1) is 0 Å². The van der Waals surface area contributed by atoms with E-state index in [-0.39, 0.29) is 5.91 Å². The topological polar surface area (TPSA) is 47.6 Å². The summed E-state index contributed by atoms with van der Waals surface area (Å²) < 4.78 is 11.5. The molecule has 1 aliphatic rings. The highest BCUT2D eigenvalue weighted by atomic mass is 16.5. The van der Waals surface area contributed by atoms with Crippen molar-refractivity contribution in [1.29, 1.82) is 0 Å². The van der Waals surface area contributed by atoms with E-state index >= 15 is 0 Å². The number of carbonyl (C=O) groups excluding carboxylic acids is 1. The predicted octanol–water partition coefficient (Wildman–Crippen LogP) is 4.63. The molecule has 25 heavy (non-hydrogen) atoms. The number of rotatable bonds is 7. The summed E-state index contributed by atoms with van der Waals surface area (Å²) in [7, 11) is 1.61. The molecule has 1 saturated carbocycles. The molecule has 1 aliphatic carbocycles. The fraction of sp³-hybridized carbons (Fsp3) is 0.476. The molecular weight excluding hydrogens is 314 g/mol. The van der Waals surface area contributed by atoms with Crippen LogP contribution in [-0.2, 0) is 9.53 Å². The van der Waals surface area contributed by atoms with Crippen molar-refractivity contribution in [2.45, 2.75) is 39.2 Å². The highest BCUT2D eigenvalue weighted by molar-refractivity contribution is 6.06. The number of methoxy groups -OCH3 is 1.